The summed E-state index contributed by atoms with van der Waals surface area (Å²) in [5.41, 5.74) is 1.45. The van der Waals surface area contributed by atoms with Crippen LogP contribution in [0.4, 0.5) is 8.78 Å². The molecule has 0 aliphatic carbocycles. The van der Waals surface area contributed by atoms with Gasteiger partial charge in [0.25, 0.3) is 0 Å². The molecule has 1 aliphatic rings. The predicted octanol–water partition coefficient (Wildman–Crippen LogP) is 4.69. The van der Waals surface area contributed by atoms with E-state index in [0.717, 1.165) is 11.8 Å². The fourth-order valence-corrected chi connectivity index (χ4v) is 3.96. The molecule has 2 heterocycles. The molecular formula is C22H18ClF2N3O2. The first kappa shape index (κ1) is 20.1. The second kappa shape index (κ2) is 7.57. The molecule has 3 aromatic rings. The van der Waals surface area contributed by atoms with Crippen LogP contribution in [0.15, 0.2) is 43.1 Å². The average molecular weight is 430 g/mol. The summed E-state index contributed by atoms with van der Waals surface area (Å²) in [6.07, 6.45) is 2.93. The Morgan fingerprint density at radius 3 is 2.70 bits per heavy atom. The van der Waals surface area contributed by atoms with Crippen molar-refractivity contribution in [3.63, 3.8) is 0 Å². The Bertz CT molecular complexity index is 1170. The summed E-state index contributed by atoms with van der Waals surface area (Å²) in [6, 6.07) is 5.26. The number of benzene rings is 2. The van der Waals surface area contributed by atoms with Gasteiger partial charge in [0, 0.05) is 24.2 Å². The monoisotopic (exact) mass is 429 g/mol. The van der Waals surface area contributed by atoms with Gasteiger partial charge >= 0.3 is 0 Å². The highest BCUT2D eigenvalue weighted by molar-refractivity contribution is 6.32. The second-order valence-electron chi connectivity index (χ2n) is 7.09. The van der Waals surface area contributed by atoms with E-state index < -0.39 is 17.4 Å². The van der Waals surface area contributed by atoms with Crippen LogP contribution < -0.4 is 0 Å². The summed E-state index contributed by atoms with van der Waals surface area (Å²) in [4.78, 5) is 17.9. The number of hydrogen-bond donors (Lipinski definition) is 1. The van der Waals surface area contributed by atoms with E-state index in [1.165, 1.54) is 18.2 Å². The minimum absolute atomic E-state index is 0.0515. The van der Waals surface area contributed by atoms with Gasteiger partial charge in [-0.05, 0) is 42.8 Å². The topological polar surface area (TPSA) is 58.4 Å². The van der Waals surface area contributed by atoms with Crippen LogP contribution in [0.2, 0.25) is 5.02 Å². The quantitative estimate of drug-likeness (QED) is 0.614. The molecule has 0 fully saturated rings. The normalized spacial score (nSPS) is 13.3. The summed E-state index contributed by atoms with van der Waals surface area (Å²) >= 11 is 5.89. The number of nitrogens with zero attached hydrogens (tertiary/aromatic N) is 3. The molecule has 0 atom stereocenters. The summed E-state index contributed by atoms with van der Waals surface area (Å²) in [6.45, 7) is 6.52. The van der Waals surface area contributed by atoms with Crippen molar-refractivity contribution in [1.29, 1.82) is 0 Å². The molecule has 2 aromatic carbocycles. The zero-order valence-corrected chi connectivity index (χ0v) is 16.9. The van der Waals surface area contributed by atoms with E-state index in [0.29, 0.717) is 36.6 Å². The molecule has 0 spiro atoms. The molecule has 30 heavy (non-hydrogen) atoms. The van der Waals surface area contributed by atoms with Gasteiger partial charge in [0.15, 0.2) is 0 Å². The molecule has 1 N–H and O–H groups in total. The summed E-state index contributed by atoms with van der Waals surface area (Å²) in [7, 11) is 0. The van der Waals surface area contributed by atoms with E-state index in [2.05, 4.69) is 11.6 Å². The Kier molecular flexibility index (Phi) is 5.07. The molecule has 1 aliphatic heterocycles. The molecule has 4 rings (SSSR count). The molecule has 154 valence electrons. The van der Waals surface area contributed by atoms with E-state index in [9.17, 15) is 14.3 Å². The Hall–Kier alpha value is -3.19. The number of imidazole rings is 1. The number of hydrogen-bond acceptors (Lipinski definition) is 3. The summed E-state index contributed by atoms with van der Waals surface area (Å²) < 4.78 is 31.4. The van der Waals surface area contributed by atoms with Crippen LogP contribution in [-0.4, -0.2) is 32.0 Å². The van der Waals surface area contributed by atoms with Crippen molar-refractivity contribution >= 4 is 17.5 Å². The van der Waals surface area contributed by atoms with Gasteiger partial charge in [-0.1, -0.05) is 18.2 Å². The van der Waals surface area contributed by atoms with Crippen LogP contribution in [0.1, 0.15) is 11.3 Å². The lowest BCUT2D eigenvalue weighted by Crippen LogP contribution is -2.37. The standard InChI is InChI=1S/C22H18ClF2N3O2/c1-3-18(29)27-6-7-28-14(11-27)10-26-22(28)13-8-12(2)19(17(25)9-13)20-16(24)5-4-15(23)21(20)30/h3-5,8-10,30H,1,6-7,11H2,2H3. The number of aromatic nitrogens is 2. The maximum absolute atomic E-state index is 15.1. The Morgan fingerprint density at radius 1 is 1.23 bits per heavy atom. The zero-order valence-electron chi connectivity index (χ0n) is 16.1. The van der Waals surface area contributed by atoms with Crippen molar-refractivity contribution in [3.8, 4) is 28.3 Å². The van der Waals surface area contributed by atoms with Gasteiger partial charge in [-0.25, -0.2) is 13.8 Å². The molecule has 0 bridgehead atoms. The number of phenols is 1. The molecule has 0 saturated heterocycles. The van der Waals surface area contributed by atoms with Crippen LogP contribution in [0.25, 0.3) is 22.5 Å². The molecule has 0 radical (unpaired) electrons. The van der Waals surface area contributed by atoms with E-state index >= 15 is 4.39 Å². The predicted molar refractivity (Wildman–Crippen MR) is 110 cm³/mol. The number of aryl methyl sites for hydroxylation is 1. The van der Waals surface area contributed by atoms with Crippen molar-refractivity contribution in [2.45, 2.75) is 20.0 Å². The third-order valence-electron chi connectivity index (χ3n) is 5.24. The SMILES string of the molecule is C=CC(=O)N1CCn2c(cnc2-c2cc(C)c(-c3c(F)ccc(Cl)c3O)c(F)c2)C1. The maximum atomic E-state index is 15.1. The van der Waals surface area contributed by atoms with Gasteiger partial charge in [0.1, 0.15) is 23.2 Å². The highest BCUT2D eigenvalue weighted by Crippen LogP contribution is 2.41. The third-order valence-corrected chi connectivity index (χ3v) is 5.55. The van der Waals surface area contributed by atoms with E-state index in [1.807, 2.05) is 4.57 Å². The lowest BCUT2D eigenvalue weighted by molar-refractivity contribution is -0.127. The van der Waals surface area contributed by atoms with E-state index in [4.69, 9.17) is 11.6 Å². The number of amides is 1. The Labute approximate surface area is 176 Å². The Balaban J connectivity index is 1.77. The largest absolute Gasteiger partial charge is 0.506 e. The molecule has 1 amide bonds. The van der Waals surface area contributed by atoms with Gasteiger partial charge < -0.3 is 14.6 Å². The number of halogens is 3. The first-order valence-corrected chi connectivity index (χ1v) is 9.63. The van der Waals surface area contributed by atoms with Gasteiger partial charge in [0.2, 0.25) is 5.91 Å². The van der Waals surface area contributed by atoms with Crippen molar-refractivity contribution in [1.82, 2.24) is 14.5 Å². The van der Waals surface area contributed by atoms with Gasteiger partial charge in [-0.15, -0.1) is 0 Å². The van der Waals surface area contributed by atoms with Gasteiger partial charge in [-0.2, -0.15) is 0 Å². The van der Waals surface area contributed by atoms with Gasteiger partial charge in [0.05, 0.1) is 29.0 Å². The minimum Gasteiger partial charge on any atom is -0.506 e. The first-order valence-electron chi connectivity index (χ1n) is 9.25. The number of carbonyl (C=O) groups excluding carboxylic acids is 1. The number of aromatic hydroxyl groups is 1. The fraction of sp³-hybridized carbons (Fsp3) is 0.182. The lowest BCUT2D eigenvalue weighted by atomic mass is 9.96. The molecule has 0 saturated carbocycles. The maximum Gasteiger partial charge on any atom is 0.246 e. The zero-order chi connectivity index (χ0) is 21.6. The molecule has 8 heteroatoms. The summed E-state index contributed by atoms with van der Waals surface area (Å²) in [5.74, 6) is -1.56. The molecule has 1 aromatic heterocycles. The van der Waals surface area contributed by atoms with Crippen molar-refractivity contribution in [2.75, 3.05) is 6.54 Å². The smallest absolute Gasteiger partial charge is 0.246 e. The van der Waals surface area contributed by atoms with Crippen LogP contribution >= 0.6 is 11.6 Å². The average Bonchev–Trinajstić information content (AvgIpc) is 3.15. The highest BCUT2D eigenvalue weighted by atomic mass is 35.5. The molecular weight excluding hydrogens is 412 g/mol. The molecule has 5 nitrogen and oxygen atoms in total. The van der Waals surface area contributed by atoms with Crippen molar-refractivity contribution in [3.05, 3.63) is 71.0 Å². The van der Waals surface area contributed by atoms with Crippen molar-refractivity contribution in [2.24, 2.45) is 0 Å². The van der Waals surface area contributed by atoms with E-state index in [1.54, 1.807) is 24.1 Å². The number of carbonyl (C=O) groups is 1. The van der Waals surface area contributed by atoms with Crippen molar-refractivity contribution < 1.29 is 18.7 Å². The number of rotatable bonds is 3. The number of phenolic OH excluding ortho intramolecular Hbond substituents is 1. The summed E-state index contributed by atoms with van der Waals surface area (Å²) in [5, 5.41) is 10.1. The van der Waals surface area contributed by atoms with Gasteiger partial charge in [-0.3, -0.25) is 4.79 Å². The lowest BCUT2D eigenvalue weighted by Gasteiger charge is -2.28. The molecule has 0 unspecified atom stereocenters. The second-order valence-corrected chi connectivity index (χ2v) is 7.50. The first-order chi connectivity index (χ1) is 14.3. The minimum atomic E-state index is -0.767. The number of fused-ring (bicyclic) bond motifs is 1. The van der Waals surface area contributed by atoms with Crippen LogP contribution in [-0.2, 0) is 17.9 Å². The van der Waals surface area contributed by atoms with Crippen LogP contribution in [0.3, 0.4) is 0 Å². The van der Waals surface area contributed by atoms with Crippen LogP contribution in [0.5, 0.6) is 5.75 Å². The third kappa shape index (κ3) is 3.25. The fourth-order valence-electron chi connectivity index (χ4n) is 3.80. The van der Waals surface area contributed by atoms with E-state index in [-0.39, 0.29) is 22.1 Å². The highest BCUT2D eigenvalue weighted by Gasteiger charge is 2.24. The Morgan fingerprint density at radius 2 is 2.00 bits per heavy atom. The van der Waals surface area contributed by atoms with Crippen LogP contribution in [0, 0.1) is 18.6 Å².